The Labute approximate surface area is 137 Å². The second-order valence-corrected chi connectivity index (χ2v) is 6.53. The Hall–Kier alpha value is -1.79. The number of hydrogen-bond donors (Lipinski definition) is 2. The lowest BCUT2D eigenvalue weighted by molar-refractivity contribution is -0.120. The molecule has 0 saturated heterocycles. The van der Waals surface area contributed by atoms with Crippen LogP contribution in [0, 0.1) is 6.92 Å². The van der Waals surface area contributed by atoms with E-state index < -0.39 is 0 Å². The molecule has 1 heterocycles. The smallest absolute Gasteiger partial charge is 0.251 e. The van der Waals surface area contributed by atoms with E-state index in [0.717, 1.165) is 4.90 Å². The van der Waals surface area contributed by atoms with Gasteiger partial charge in [0.15, 0.2) is 0 Å². The Morgan fingerprint density at radius 3 is 2.86 bits per heavy atom. The molecular weight excluding hydrogens is 322 g/mol. The Kier molecular flexibility index (Phi) is 5.63. The van der Waals surface area contributed by atoms with E-state index in [1.807, 2.05) is 18.2 Å². The standard InChI is InChI=1S/C15H16ClN3O2S/c1-9-7-14(20)19-13(18-9)8-17-15(21)10(2)22-12-6-4-3-5-11(12)16/h3-7,10H,8H2,1-2H3,(H,17,21)(H,18,19,20)/t10-/m1/s1. The predicted octanol–water partition coefficient (Wildman–Crippen LogP) is 2.53. The molecule has 0 unspecified atom stereocenters. The van der Waals surface area contributed by atoms with Crippen molar-refractivity contribution in [2.75, 3.05) is 0 Å². The summed E-state index contributed by atoms with van der Waals surface area (Å²) < 4.78 is 0. The number of nitrogens with zero attached hydrogens (tertiary/aromatic N) is 1. The molecule has 0 aliphatic rings. The third-order valence-corrected chi connectivity index (χ3v) is 4.48. The molecule has 0 saturated carbocycles. The van der Waals surface area contributed by atoms with E-state index in [2.05, 4.69) is 15.3 Å². The van der Waals surface area contributed by atoms with Crippen molar-refractivity contribution >= 4 is 29.3 Å². The fourth-order valence-corrected chi connectivity index (χ4v) is 3.00. The Morgan fingerprint density at radius 1 is 1.45 bits per heavy atom. The fourth-order valence-electron chi connectivity index (χ4n) is 1.82. The highest BCUT2D eigenvalue weighted by atomic mass is 35.5. The van der Waals surface area contributed by atoms with Crippen LogP contribution in [0.25, 0.3) is 0 Å². The Morgan fingerprint density at radius 2 is 2.18 bits per heavy atom. The number of aromatic amines is 1. The minimum absolute atomic E-state index is 0.144. The van der Waals surface area contributed by atoms with Crippen LogP contribution in [0.15, 0.2) is 40.0 Å². The van der Waals surface area contributed by atoms with Gasteiger partial charge in [-0.05, 0) is 26.0 Å². The molecule has 7 heteroatoms. The summed E-state index contributed by atoms with van der Waals surface area (Å²) in [5.74, 6) is 0.294. The number of amides is 1. The average Bonchev–Trinajstić information content (AvgIpc) is 2.46. The predicted molar refractivity (Wildman–Crippen MR) is 88.2 cm³/mol. The molecule has 0 radical (unpaired) electrons. The molecule has 5 nitrogen and oxygen atoms in total. The zero-order valence-electron chi connectivity index (χ0n) is 12.2. The number of nitrogens with one attached hydrogen (secondary N) is 2. The summed E-state index contributed by atoms with van der Waals surface area (Å²) >= 11 is 7.46. The minimum atomic E-state index is -0.309. The number of aromatic nitrogens is 2. The summed E-state index contributed by atoms with van der Waals surface area (Å²) in [4.78, 5) is 31.1. The van der Waals surface area contributed by atoms with Gasteiger partial charge in [-0.15, -0.1) is 11.8 Å². The molecule has 0 spiro atoms. The van der Waals surface area contributed by atoms with E-state index in [4.69, 9.17) is 11.6 Å². The van der Waals surface area contributed by atoms with Gasteiger partial charge in [0.25, 0.3) is 5.56 Å². The van der Waals surface area contributed by atoms with Crippen LogP contribution in [0.4, 0.5) is 0 Å². The largest absolute Gasteiger partial charge is 0.348 e. The van der Waals surface area contributed by atoms with E-state index in [1.165, 1.54) is 17.8 Å². The second kappa shape index (κ2) is 7.47. The highest BCUT2D eigenvalue weighted by Crippen LogP contribution is 2.29. The summed E-state index contributed by atoms with van der Waals surface area (Å²) in [6, 6.07) is 8.78. The van der Waals surface area contributed by atoms with Gasteiger partial charge in [-0.25, -0.2) is 4.98 Å². The van der Waals surface area contributed by atoms with Crippen molar-refractivity contribution in [2.45, 2.75) is 30.5 Å². The SMILES string of the molecule is Cc1cc(=O)[nH]c(CNC(=O)[C@@H](C)Sc2ccccc2Cl)n1. The van der Waals surface area contributed by atoms with Crippen LogP contribution in [0.2, 0.25) is 5.02 Å². The maximum Gasteiger partial charge on any atom is 0.251 e. The number of carbonyl (C=O) groups is 1. The van der Waals surface area contributed by atoms with E-state index in [0.29, 0.717) is 16.5 Å². The van der Waals surface area contributed by atoms with Gasteiger partial charge in [-0.2, -0.15) is 0 Å². The maximum atomic E-state index is 12.1. The molecule has 0 aliphatic carbocycles. The van der Waals surface area contributed by atoms with Crippen LogP contribution in [0.1, 0.15) is 18.4 Å². The number of rotatable bonds is 5. The number of hydrogen-bond acceptors (Lipinski definition) is 4. The zero-order valence-corrected chi connectivity index (χ0v) is 13.8. The van der Waals surface area contributed by atoms with Crippen molar-refractivity contribution in [3.05, 3.63) is 57.2 Å². The van der Waals surface area contributed by atoms with Gasteiger partial charge < -0.3 is 10.3 Å². The zero-order chi connectivity index (χ0) is 16.1. The first-order chi connectivity index (χ1) is 10.5. The lowest BCUT2D eigenvalue weighted by atomic mass is 10.4. The lowest BCUT2D eigenvalue weighted by Gasteiger charge is -2.12. The van der Waals surface area contributed by atoms with E-state index in [-0.39, 0.29) is 23.3 Å². The normalized spacial score (nSPS) is 12.0. The van der Waals surface area contributed by atoms with Crippen LogP contribution >= 0.6 is 23.4 Å². The Balaban J connectivity index is 1.94. The number of thioether (sulfide) groups is 1. The third-order valence-electron chi connectivity index (χ3n) is 2.86. The number of aryl methyl sites for hydroxylation is 1. The number of benzene rings is 1. The number of halogens is 1. The van der Waals surface area contributed by atoms with Gasteiger partial charge in [0.2, 0.25) is 5.91 Å². The maximum absolute atomic E-state index is 12.1. The van der Waals surface area contributed by atoms with Crippen molar-refractivity contribution in [2.24, 2.45) is 0 Å². The molecule has 2 rings (SSSR count). The summed E-state index contributed by atoms with van der Waals surface area (Å²) in [5.41, 5.74) is 0.390. The van der Waals surface area contributed by atoms with Gasteiger partial charge in [0.05, 0.1) is 16.8 Å². The molecule has 0 bridgehead atoms. The summed E-state index contributed by atoms with van der Waals surface area (Å²) in [5, 5.41) is 3.07. The van der Waals surface area contributed by atoms with Gasteiger partial charge >= 0.3 is 0 Å². The molecule has 1 atom stereocenters. The molecule has 0 fully saturated rings. The van der Waals surface area contributed by atoms with E-state index in [1.54, 1.807) is 19.9 Å². The summed E-state index contributed by atoms with van der Waals surface area (Å²) in [6.07, 6.45) is 0. The molecule has 1 aromatic carbocycles. The molecule has 2 N–H and O–H groups in total. The van der Waals surface area contributed by atoms with Crippen LogP contribution in [-0.2, 0) is 11.3 Å². The molecule has 0 aliphatic heterocycles. The molecule has 22 heavy (non-hydrogen) atoms. The van der Waals surface area contributed by atoms with Gasteiger partial charge in [-0.1, -0.05) is 23.7 Å². The van der Waals surface area contributed by atoms with Crippen molar-refractivity contribution < 1.29 is 4.79 Å². The fraction of sp³-hybridized carbons (Fsp3) is 0.267. The van der Waals surface area contributed by atoms with E-state index >= 15 is 0 Å². The van der Waals surface area contributed by atoms with Gasteiger partial charge in [0, 0.05) is 16.7 Å². The van der Waals surface area contributed by atoms with Crippen molar-refractivity contribution in [1.82, 2.24) is 15.3 Å². The van der Waals surface area contributed by atoms with Crippen molar-refractivity contribution in [1.29, 1.82) is 0 Å². The van der Waals surface area contributed by atoms with Crippen LogP contribution in [-0.4, -0.2) is 21.1 Å². The van der Waals surface area contributed by atoms with Gasteiger partial charge in [0.1, 0.15) is 5.82 Å². The lowest BCUT2D eigenvalue weighted by Crippen LogP contribution is -2.31. The first-order valence-corrected chi connectivity index (χ1v) is 7.97. The molecule has 1 amide bonds. The van der Waals surface area contributed by atoms with Crippen molar-refractivity contribution in [3.63, 3.8) is 0 Å². The van der Waals surface area contributed by atoms with Crippen molar-refractivity contribution in [3.8, 4) is 0 Å². The molecule has 116 valence electrons. The second-order valence-electron chi connectivity index (χ2n) is 4.74. The Bertz CT molecular complexity index is 733. The highest BCUT2D eigenvalue weighted by molar-refractivity contribution is 8.00. The van der Waals surface area contributed by atoms with E-state index in [9.17, 15) is 9.59 Å². The summed E-state index contributed by atoms with van der Waals surface area (Å²) in [6.45, 7) is 3.72. The topological polar surface area (TPSA) is 74.8 Å². The van der Waals surface area contributed by atoms with Gasteiger partial charge in [-0.3, -0.25) is 9.59 Å². The van der Waals surface area contributed by atoms with Crippen LogP contribution < -0.4 is 10.9 Å². The average molecular weight is 338 g/mol. The van der Waals surface area contributed by atoms with Crippen LogP contribution in [0.3, 0.4) is 0 Å². The molecular formula is C15H16ClN3O2S. The number of H-pyrrole nitrogens is 1. The minimum Gasteiger partial charge on any atom is -0.348 e. The quantitative estimate of drug-likeness (QED) is 0.822. The third kappa shape index (κ3) is 4.61. The monoisotopic (exact) mass is 337 g/mol. The summed E-state index contributed by atoms with van der Waals surface area (Å²) in [7, 11) is 0. The number of carbonyl (C=O) groups excluding carboxylic acids is 1. The van der Waals surface area contributed by atoms with Crippen LogP contribution in [0.5, 0.6) is 0 Å². The highest BCUT2D eigenvalue weighted by Gasteiger charge is 2.15. The first kappa shape index (κ1) is 16.6. The molecule has 2 aromatic rings. The first-order valence-electron chi connectivity index (χ1n) is 6.71. The molecule has 1 aromatic heterocycles.